The molecule has 0 spiro atoms. The number of rotatable bonds is 3. The van der Waals surface area contributed by atoms with Gasteiger partial charge in [-0.15, -0.1) is 0 Å². The highest BCUT2D eigenvalue weighted by molar-refractivity contribution is 9.10. The summed E-state index contributed by atoms with van der Waals surface area (Å²) in [7, 11) is 0. The molecule has 2 rings (SSSR count). The highest BCUT2D eigenvalue weighted by Crippen LogP contribution is 2.15. The highest BCUT2D eigenvalue weighted by atomic mass is 79.9. The Morgan fingerprint density at radius 1 is 0.957 bits per heavy atom. The second kappa shape index (κ2) is 10.5. The van der Waals surface area contributed by atoms with Gasteiger partial charge >= 0.3 is 0 Å². The number of hydrogen-bond donors (Lipinski definition) is 2. The van der Waals surface area contributed by atoms with Gasteiger partial charge in [-0.05, 0) is 43.9 Å². The van der Waals surface area contributed by atoms with Gasteiger partial charge in [0.1, 0.15) is 0 Å². The minimum atomic E-state index is -0.0988. The lowest BCUT2D eigenvalue weighted by atomic mass is 10.0. The van der Waals surface area contributed by atoms with E-state index in [1.54, 1.807) is 0 Å². The zero-order valence-corrected chi connectivity index (χ0v) is 15.3. The van der Waals surface area contributed by atoms with Gasteiger partial charge < -0.3 is 5.43 Å². The molecule has 1 aliphatic rings. The van der Waals surface area contributed by atoms with Crippen LogP contribution in [0.15, 0.2) is 40.5 Å². The SMILES string of the molecule is O=C(NN/C1=C\CCCCCCCCCC1)c1cccc(Br)c1. The molecule has 3 nitrogen and oxygen atoms in total. The molecule has 2 N–H and O–H groups in total. The molecule has 0 aliphatic heterocycles. The number of amides is 1. The zero-order valence-electron chi connectivity index (χ0n) is 13.7. The largest absolute Gasteiger partial charge is 0.303 e. The number of hydrazine groups is 1. The monoisotopic (exact) mass is 378 g/mol. The fourth-order valence-electron chi connectivity index (χ4n) is 2.85. The Morgan fingerprint density at radius 3 is 2.39 bits per heavy atom. The quantitative estimate of drug-likeness (QED) is 0.683. The van der Waals surface area contributed by atoms with Gasteiger partial charge in [-0.25, -0.2) is 0 Å². The molecule has 0 saturated heterocycles. The summed E-state index contributed by atoms with van der Waals surface area (Å²) in [5.41, 5.74) is 7.77. The smallest absolute Gasteiger partial charge is 0.269 e. The number of hydrogen-bond acceptors (Lipinski definition) is 2. The van der Waals surface area contributed by atoms with Crippen molar-refractivity contribution in [2.75, 3.05) is 0 Å². The molecule has 1 amide bonds. The van der Waals surface area contributed by atoms with E-state index in [4.69, 9.17) is 0 Å². The van der Waals surface area contributed by atoms with E-state index in [1.165, 1.54) is 51.4 Å². The van der Waals surface area contributed by atoms with Crippen LogP contribution in [0, 0.1) is 0 Å². The van der Waals surface area contributed by atoms with Crippen molar-refractivity contribution in [1.29, 1.82) is 0 Å². The number of allylic oxidation sites excluding steroid dienone is 2. The van der Waals surface area contributed by atoms with Gasteiger partial charge in [0.05, 0.1) is 0 Å². The average molecular weight is 379 g/mol. The Balaban J connectivity index is 1.86. The van der Waals surface area contributed by atoms with Crippen LogP contribution in [0.2, 0.25) is 0 Å². The van der Waals surface area contributed by atoms with E-state index in [0.717, 1.165) is 23.0 Å². The first-order valence-electron chi connectivity index (χ1n) is 8.76. The first-order valence-corrected chi connectivity index (χ1v) is 9.56. The van der Waals surface area contributed by atoms with Crippen molar-refractivity contribution >= 4 is 21.8 Å². The molecule has 0 unspecified atom stereocenters. The van der Waals surface area contributed by atoms with Crippen LogP contribution in [0.25, 0.3) is 0 Å². The molecule has 1 aromatic carbocycles. The van der Waals surface area contributed by atoms with Gasteiger partial charge in [-0.1, -0.05) is 66.6 Å². The van der Waals surface area contributed by atoms with Crippen LogP contribution in [-0.4, -0.2) is 5.91 Å². The second-order valence-electron chi connectivity index (χ2n) is 6.19. The van der Waals surface area contributed by atoms with Crippen LogP contribution >= 0.6 is 15.9 Å². The molecule has 4 heteroatoms. The molecule has 0 saturated carbocycles. The minimum Gasteiger partial charge on any atom is -0.303 e. The number of carbonyl (C=O) groups excluding carboxylic acids is 1. The third-order valence-corrected chi connectivity index (χ3v) is 4.71. The summed E-state index contributed by atoms with van der Waals surface area (Å²) < 4.78 is 0.912. The Kier molecular flexibility index (Phi) is 8.23. The maximum Gasteiger partial charge on any atom is 0.269 e. The molecule has 0 radical (unpaired) electrons. The van der Waals surface area contributed by atoms with Gasteiger partial charge in [-0.2, -0.15) is 0 Å². The predicted molar refractivity (Wildman–Crippen MR) is 99.0 cm³/mol. The van der Waals surface area contributed by atoms with Crippen molar-refractivity contribution in [2.24, 2.45) is 0 Å². The Bertz CT molecular complexity index is 528. The summed E-state index contributed by atoms with van der Waals surface area (Å²) in [6, 6.07) is 7.43. The molecule has 0 aromatic heterocycles. The van der Waals surface area contributed by atoms with Crippen molar-refractivity contribution in [2.45, 2.75) is 64.2 Å². The molecule has 0 fully saturated rings. The van der Waals surface area contributed by atoms with Gasteiger partial charge in [0.15, 0.2) is 0 Å². The zero-order chi connectivity index (χ0) is 16.3. The topological polar surface area (TPSA) is 41.1 Å². The first-order chi connectivity index (χ1) is 11.3. The summed E-state index contributed by atoms with van der Waals surface area (Å²) in [5.74, 6) is -0.0988. The van der Waals surface area contributed by atoms with E-state index < -0.39 is 0 Å². The van der Waals surface area contributed by atoms with Crippen LogP contribution in [0.4, 0.5) is 0 Å². The Labute approximate surface area is 148 Å². The molecular weight excluding hydrogens is 352 g/mol. The molecule has 1 aromatic rings. The van der Waals surface area contributed by atoms with Gasteiger partial charge in [0.25, 0.3) is 5.91 Å². The van der Waals surface area contributed by atoms with Crippen molar-refractivity contribution in [3.63, 3.8) is 0 Å². The number of carbonyl (C=O) groups is 1. The molecule has 0 bridgehead atoms. The number of nitrogens with one attached hydrogen (secondary N) is 2. The normalized spacial score (nSPS) is 19.6. The molecule has 23 heavy (non-hydrogen) atoms. The molecule has 1 aliphatic carbocycles. The Hall–Kier alpha value is -1.29. The third kappa shape index (κ3) is 7.21. The standard InChI is InChI=1S/C19H27BrN2O/c20-17-12-10-11-16(15-17)19(23)22-21-18-13-8-6-4-2-1-3-5-7-9-14-18/h10-13,15,21H,1-9,14H2,(H,22,23)/b18-13-. The maximum absolute atomic E-state index is 12.2. The number of benzene rings is 1. The number of halogens is 1. The van der Waals surface area contributed by atoms with E-state index in [9.17, 15) is 4.79 Å². The fourth-order valence-corrected chi connectivity index (χ4v) is 3.25. The third-order valence-electron chi connectivity index (χ3n) is 4.21. The fraction of sp³-hybridized carbons (Fsp3) is 0.526. The summed E-state index contributed by atoms with van der Waals surface area (Å²) in [5, 5.41) is 0. The maximum atomic E-state index is 12.2. The highest BCUT2D eigenvalue weighted by Gasteiger charge is 2.06. The lowest BCUT2D eigenvalue weighted by molar-refractivity contribution is 0.0938. The summed E-state index contributed by atoms with van der Waals surface area (Å²) in [4.78, 5) is 12.2. The van der Waals surface area contributed by atoms with Crippen molar-refractivity contribution < 1.29 is 4.79 Å². The van der Waals surface area contributed by atoms with Crippen LogP contribution in [0.3, 0.4) is 0 Å². The summed E-state index contributed by atoms with van der Waals surface area (Å²) in [6.45, 7) is 0. The van der Waals surface area contributed by atoms with E-state index in [1.807, 2.05) is 24.3 Å². The lowest BCUT2D eigenvalue weighted by Gasteiger charge is -2.14. The van der Waals surface area contributed by atoms with Crippen molar-refractivity contribution in [1.82, 2.24) is 10.9 Å². The van der Waals surface area contributed by atoms with Gasteiger partial charge in [0.2, 0.25) is 0 Å². The van der Waals surface area contributed by atoms with E-state index in [2.05, 4.69) is 32.9 Å². The van der Waals surface area contributed by atoms with Crippen molar-refractivity contribution in [3.05, 3.63) is 46.1 Å². The average Bonchev–Trinajstić information content (AvgIpc) is 2.54. The molecular formula is C19H27BrN2O. The van der Waals surface area contributed by atoms with Crippen LogP contribution in [-0.2, 0) is 0 Å². The Morgan fingerprint density at radius 2 is 1.65 bits per heavy atom. The van der Waals surface area contributed by atoms with Gasteiger partial charge in [0, 0.05) is 15.7 Å². The first kappa shape index (κ1) is 18.1. The van der Waals surface area contributed by atoms with Crippen LogP contribution in [0.1, 0.15) is 74.6 Å². The van der Waals surface area contributed by atoms with Crippen molar-refractivity contribution in [3.8, 4) is 0 Å². The molecule has 0 atom stereocenters. The van der Waals surface area contributed by atoms with E-state index in [0.29, 0.717) is 5.56 Å². The summed E-state index contributed by atoms with van der Waals surface area (Å²) >= 11 is 3.40. The van der Waals surface area contributed by atoms with Gasteiger partial charge in [-0.3, -0.25) is 10.2 Å². The molecule has 126 valence electrons. The lowest BCUT2D eigenvalue weighted by Crippen LogP contribution is -2.36. The minimum absolute atomic E-state index is 0.0988. The van der Waals surface area contributed by atoms with E-state index >= 15 is 0 Å². The second-order valence-corrected chi connectivity index (χ2v) is 7.10. The summed E-state index contributed by atoms with van der Waals surface area (Å²) in [6.07, 6.45) is 14.8. The predicted octanol–water partition coefficient (Wildman–Crippen LogP) is 5.48. The van der Waals surface area contributed by atoms with Crippen LogP contribution in [0.5, 0.6) is 0 Å². The van der Waals surface area contributed by atoms with E-state index in [-0.39, 0.29) is 5.91 Å². The van der Waals surface area contributed by atoms with Crippen LogP contribution < -0.4 is 10.9 Å². The molecule has 0 heterocycles.